The van der Waals surface area contributed by atoms with Crippen molar-refractivity contribution in [3.05, 3.63) is 136 Å². The number of aromatic hydroxyl groups is 1. The molecule has 0 aliphatic carbocycles. The van der Waals surface area contributed by atoms with Crippen LogP contribution in [0.2, 0.25) is 0 Å². The molecule has 3 heterocycles. The van der Waals surface area contributed by atoms with Gasteiger partial charge in [0.05, 0.1) is 23.7 Å². The predicted molar refractivity (Wildman–Crippen MR) is 191 cm³/mol. The van der Waals surface area contributed by atoms with E-state index in [0.717, 1.165) is 29.0 Å². The quantitative estimate of drug-likeness (QED) is 0.133. The van der Waals surface area contributed by atoms with Crippen molar-refractivity contribution >= 4 is 40.4 Å². The molecule has 1 aliphatic heterocycles. The van der Waals surface area contributed by atoms with Crippen molar-refractivity contribution in [3.63, 3.8) is 0 Å². The van der Waals surface area contributed by atoms with Gasteiger partial charge in [-0.25, -0.2) is 9.78 Å². The molecule has 1 saturated heterocycles. The first kappa shape index (κ1) is 34.4. The average molecular weight is 692 g/mol. The van der Waals surface area contributed by atoms with Crippen molar-refractivity contribution in [2.75, 3.05) is 38.5 Å². The number of aromatic amines is 1. The van der Waals surface area contributed by atoms with E-state index in [1.165, 1.54) is 6.07 Å². The maximum absolute atomic E-state index is 14.2. The third-order valence-electron chi connectivity index (χ3n) is 8.57. The normalized spacial score (nSPS) is 14.0. The van der Waals surface area contributed by atoms with Gasteiger partial charge in [-0.2, -0.15) is 0 Å². The summed E-state index contributed by atoms with van der Waals surface area (Å²) >= 11 is 1.15. The van der Waals surface area contributed by atoms with Crippen molar-refractivity contribution in [1.29, 1.82) is 0 Å². The molecule has 50 heavy (non-hydrogen) atoms. The van der Waals surface area contributed by atoms with Crippen LogP contribution in [0.15, 0.2) is 113 Å². The van der Waals surface area contributed by atoms with E-state index in [1.54, 1.807) is 42.3 Å². The van der Waals surface area contributed by atoms with Crippen LogP contribution in [0.5, 0.6) is 5.75 Å². The largest absolute Gasteiger partial charge is 0.506 e. The van der Waals surface area contributed by atoms with Gasteiger partial charge in [0.2, 0.25) is 5.91 Å². The Balaban J connectivity index is 1.24. The second-order valence-corrected chi connectivity index (χ2v) is 12.8. The molecule has 11 nitrogen and oxygen atoms in total. The van der Waals surface area contributed by atoms with Crippen molar-refractivity contribution in [2.24, 2.45) is 0 Å². The van der Waals surface area contributed by atoms with Crippen LogP contribution in [0.4, 0.5) is 0 Å². The summed E-state index contributed by atoms with van der Waals surface area (Å²) in [6.07, 6.45) is 1.54. The fourth-order valence-corrected chi connectivity index (χ4v) is 7.12. The number of phenolic OH excluding ortho intramolecular Hbond substituents is 1. The number of phenols is 1. The Labute approximate surface area is 293 Å². The number of carbonyl (C=O) groups excluding carboxylic acids is 3. The van der Waals surface area contributed by atoms with E-state index in [1.807, 2.05) is 36.4 Å². The number of hydrogen-bond acceptors (Lipinski definition) is 9. The molecule has 12 heteroatoms. The molecular formula is C38H37N5O6S. The minimum absolute atomic E-state index is 0.00676. The highest BCUT2D eigenvalue weighted by Crippen LogP contribution is 2.30. The van der Waals surface area contributed by atoms with Crippen LogP contribution in [0.25, 0.3) is 10.9 Å². The zero-order valence-corrected chi connectivity index (χ0v) is 28.3. The number of aromatic nitrogens is 2. The highest BCUT2D eigenvalue weighted by Gasteiger charge is 2.33. The highest BCUT2D eigenvalue weighted by atomic mass is 32.2. The standard InChI is InChI=1S/C38H37N5O6S/c1-2-49-38(48)28-16-10-18-39-36(28)50-24-30(41-35(46)29-23-32(45)27-15-9-17-31(44)33(27)40-29)37(47)43-21-19-42(20-22-43)34(25-11-5-3-6-12-25)26-13-7-4-8-14-26/h3-18,23,30,34,44H,2,19-22,24H2,1H3,(H,40,45)(H,41,46). The second-order valence-electron chi connectivity index (χ2n) is 11.7. The van der Waals surface area contributed by atoms with E-state index in [4.69, 9.17) is 4.74 Å². The smallest absolute Gasteiger partial charge is 0.340 e. The summed E-state index contributed by atoms with van der Waals surface area (Å²) in [6, 6.07) is 28.4. The van der Waals surface area contributed by atoms with E-state index >= 15 is 0 Å². The third kappa shape index (κ3) is 7.72. The number of nitrogens with zero attached hydrogens (tertiary/aromatic N) is 3. The Morgan fingerprint density at radius 1 is 0.920 bits per heavy atom. The van der Waals surface area contributed by atoms with Crippen LogP contribution >= 0.6 is 11.8 Å². The number of rotatable bonds is 11. The number of ether oxygens (including phenoxy) is 1. The number of benzene rings is 3. The molecule has 1 aliphatic rings. The summed E-state index contributed by atoms with van der Waals surface area (Å²) in [7, 11) is 0. The van der Waals surface area contributed by atoms with Gasteiger partial charge in [0.25, 0.3) is 5.91 Å². The molecule has 0 bridgehead atoms. The van der Waals surface area contributed by atoms with Crippen molar-refractivity contribution < 1.29 is 24.2 Å². The number of amides is 2. The fraction of sp³-hybridized carbons (Fsp3) is 0.237. The summed E-state index contributed by atoms with van der Waals surface area (Å²) in [5.74, 6) is -1.66. The zero-order chi connectivity index (χ0) is 35.0. The number of piperazine rings is 1. The second kappa shape index (κ2) is 15.8. The molecular weight excluding hydrogens is 655 g/mol. The van der Waals surface area contributed by atoms with Gasteiger partial charge in [0, 0.05) is 49.6 Å². The minimum atomic E-state index is -1.04. The predicted octanol–water partition coefficient (Wildman–Crippen LogP) is 4.63. The molecule has 5 aromatic rings. The van der Waals surface area contributed by atoms with Crippen LogP contribution in [-0.2, 0) is 9.53 Å². The number of hydrogen-bond donors (Lipinski definition) is 3. The number of nitrogens with one attached hydrogen (secondary N) is 2. The lowest BCUT2D eigenvalue weighted by atomic mass is 9.96. The van der Waals surface area contributed by atoms with Crippen LogP contribution in [0, 0.1) is 0 Å². The Hall–Kier alpha value is -5.46. The van der Waals surface area contributed by atoms with Crippen LogP contribution in [-0.4, -0.2) is 87.2 Å². The Kier molecular flexibility index (Phi) is 10.9. The summed E-state index contributed by atoms with van der Waals surface area (Å²) in [4.78, 5) is 64.6. The Morgan fingerprint density at radius 3 is 2.26 bits per heavy atom. The molecule has 256 valence electrons. The number of thioether (sulfide) groups is 1. The first-order valence-corrected chi connectivity index (χ1v) is 17.4. The van der Waals surface area contributed by atoms with E-state index < -0.39 is 23.3 Å². The first-order valence-electron chi connectivity index (χ1n) is 16.4. The number of fused-ring (bicyclic) bond motifs is 1. The zero-order valence-electron chi connectivity index (χ0n) is 27.5. The summed E-state index contributed by atoms with van der Waals surface area (Å²) in [5.41, 5.74) is 2.14. The molecule has 2 amide bonds. The van der Waals surface area contributed by atoms with E-state index in [9.17, 15) is 24.3 Å². The number of H-pyrrole nitrogens is 1. The van der Waals surface area contributed by atoms with Gasteiger partial charge < -0.3 is 25.0 Å². The Bertz CT molecular complexity index is 1990. The topological polar surface area (TPSA) is 145 Å². The van der Waals surface area contributed by atoms with Gasteiger partial charge >= 0.3 is 5.97 Å². The number of para-hydroxylation sites is 1. The van der Waals surface area contributed by atoms with Crippen molar-refractivity contribution in [3.8, 4) is 5.75 Å². The van der Waals surface area contributed by atoms with Crippen molar-refractivity contribution in [1.82, 2.24) is 25.1 Å². The summed E-state index contributed by atoms with van der Waals surface area (Å²) < 4.78 is 5.19. The molecule has 2 aromatic heterocycles. The molecule has 1 unspecified atom stereocenters. The monoisotopic (exact) mass is 691 g/mol. The van der Waals surface area contributed by atoms with E-state index in [0.29, 0.717) is 31.2 Å². The summed E-state index contributed by atoms with van der Waals surface area (Å²) in [5, 5.41) is 13.8. The minimum Gasteiger partial charge on any atom is -0.506 e. The first-order chi connectivity index (χ1) is 24.3. The van der Waals surface area contributed by atoms with Gasteiger partial charge in [0.1, 0.15) is 22.5 Å². The molecule has 3 N–H and O–H groups in total. The number of carbonyl (C=O) groups is 3. The Morgan fingerprint density at radius 2 is 1.60 bits per heavy atom. The molecule has 6 rings (SSSR count). The lowest BCUT2D eigenvalue weighted by Crippen LogP contribution is -2.56. The maximum Gasteiger partial charge on any atom is 0.340 e. The van der Waals surface area contributed by atoms with Gasteiger partial charge in [0.15, 0.2) is 5.43 Å². The van der Waals surface area contributed by atoms with Crippen molar-refractivity contribution in [2.45, 2.75) is 24.0 Å². The molecule has 0 saturated carbocycles. The van der Waals surface area contributed by atoms with Gasteiger partial charge in [-0.05, 0) is 42.3 Å². The lowest BCUT2D eigenvalue weighted by Gasteiger charge is -2.40. The van der Waals surface area contributed by atoms with E-state index in [2.05, 4.69) is 44.5 Å². The highest BCUT2D eigenvalue weighted by molar-refractivity contribution is 7.99. The van der Waals surface area contributed by atoms with E-state index in [-0.39, 0.29) is 52.2 Å². The average Bonchev–Trinajstić information content (AvgIpc) is 3.15. The molecule has 1 fully saturated rings. The van der Waals surface area contributed by atoms with Gasteiger partial charge in [-0.3, -0.25) is 19.3 Å². The lowest BCUT2D eigenvalue weighted by molar-refractivity contribution is -0.134. The van der Waals surface area contributed by atoms with Crippen LogP contribution < -0.4 is 10.7 Å². The maximum atomic E-state index is 14.2. The third-order valence-corrected chi connectivity index (χ3v) is 9.66. The summed E-state index contributed by atoms with van der Waals surface area (Å²) in [6.45, 7) is 3.94. The fourth-order valence-electron chi connectivity index (χ4n) is 6.13. The van der Waals surface area contributed by atoms with Crippen LogP contribution in [0.3, 0.4) is 0 Å². The van der Waals surface area contributed by atoms with Crippen LogP contribution in [0.1, 0.15) is 44.9 Å². The molecule has 0 radical (unpaired) electrons. The van der Waals surface area contributed by atoms with Gasteiger partial charge in [-0.15, -0.1) is 11.8 Å². The molecule has 0 spiro atoms. The molecule has 1 atom stereocenters. The number of esters is 1. The SMILES string of the molecule is CCOC(=O)c1cccnc1SCC(NC(=O)c1cc(=O)c2cccc(O)c2[nH]1)C(=O)N1CCN(C(c2ccccc2)c2ccccc2)CC1. The molecule has 3 aromatic carbocycles. The van der Waals surface area contributed by atoms with Gasteiger partial charge in [-0.1, -0.05) is 66.7 Å². The number of pyridine rings is 2.